The van der Waals surface area contributed by atoms with E-state index in [4.69, 9.17) is 20.9 Å². The van der Waals surface area contributed by atoms with Gasteiger partial charge in [0.25, 0.3) is 11.8 Å². The van der Waals surface area contributed by atoms with E-state index >= 15 is 0 Å². The number of carbonyl (C=O) groups excluding carboxylic acids is 2. The highest BCUT2D eigenvalue weighted by Crippen LogP contribution is 2.34. The van der Waals surface area contributed by atoms with Gasteiger partial charge >= 0.3 is 0 Å². The lowest BCUT2D eigenvalue weighted by Crippen LogP contribution is -2.29. The van der Waals surface area contributed by atoms with Crippen molar-refractivity contribution in [3.8, 4) is 17.0 Å². The average Bonchev–Trinajstić information content (AvgIpc) is 3.30. The van der Waals surface area contributed by atoms with E-state index in [0.29, 0.717) is 36.8 Å². The number of ether oxygens (including phenoxy) is 2. The molecule has 0 aliphatic carbocycles. The molecule has 3 aromatic rings. The second kappa shape index (κ2) is 15.5. The maximum atomic E-state index is 12.5. The molecule has 4 rings (SSSR count). The molecule has 39 heavy (non-hydrogen) atoms. The molecule has 212 valence electrons. The first-order valence-electron chi connectivity index (χ1n) is 12.7. The standard InChI is InChI=1S/C25H29N5O4.C2H7N.CH5N/c1-15-14-34-12-11-19(15)30-23(26)21(24(27)31)22(29-30)17-9-7-16(8-10-17)13-28-25(32)18-5-3-4-6-20(18)33-2;1-3-2;1-2/h3-10,15,19H,11-14,26H2,1-2H3,(H2,27,31)(H,28,32);3H,1-2H3;2H2,1H3. The van der Waals surface area contributed by atoms with Gasteiger partial charge in [0.15, 0.2) is 0 Å². The van der Waals surface area contributed by atoms with E-state index in [0.717, 1.165) is 17.5 Å². The molecule has 8 N–H and O–H groups in total. The molecule has 1 aliphatic rings. The minimum Gasteiger partial charge on any atom is -0.496 e. The van der Waals surface area contributed by atoms with Gasteiger partial charge in [-0.05, 0) is 45.3 Å². The van der Waals surface area contributed by atoms with Gasteiger partial charge < -0.3 is 37.3 Å². The van der Waals surface area contributed by atoms with Crippen molar-refractivity contribution in [3.05, 3.63) is 65.2 Å². The lowest BCUT2D eigenvalue weighted by molar-refractivity contribution is 0.0258. The zero-order valence-corrected chi connectivity index (χ0v) is 23.4. The van der Waals surface area contributed by atoms with Crippen molar-refractivity contribution in [3.63, 3.8) is 0 Å². The number of nitrogens with two attached hydrogens (primary N) is 3. The van der Waals surface area contributed by atoms with Crippen molar-refractivity contribution in [2.75, 3.05) is 47.2 Å². The molecule has 11 heteroatoms. The van der Waals surface area contributed by atoms with E-state index in [2.05, 4.69) is 28.4 Å². The Morgan fingerprint density at radius 2 is 1.77 bits per heavy atom. The normalized spacial score (nSPS) is 16.2. The van der Waals surface area contributed by atoms with Gasteiger partial charge in [-0.25, -0.2) is 4.68 Å². The fourth-order valence-electron chi connectivity index (χ4n) is 4.27. The Morgan fingerprint density at radius 3 is 2.36 bits per heavy atom. The third-order valence-electron chi connectivity index (χ3n) is 6.14. The van der Waals surface area contributed by atoms with Crippen molar-refractivity contribution < 1.29 is 19.1 Å². The summed E-state index contributed by atoms with van der Waals surface area (Å²) < 4.78 is 12.5. The molecule has 0 saturated carbocycles. The highest BCUT2D eigenvalue weighted by Gasteiger charge is 2.30. The number of primary amides is 1. The van der Waals surface area contributed by atoms with Crippen molar-refractivity contribution in [2.45, 2.75) is 25.9 Å². The predicted molar refractivity (Wildman–Crippen MR) is 153 cm³/mol. The zero-order chi connectivity index (χ0) is 28.9. The lowest BCUT2D eigenvalue weighted by Gasteiger charge is -2.29. The molecule has 2 heterocycles. The van der Waals surface area contributed by atoms with Crippen molar-refractivity contribution in [1.82, 2.24) is 20.4 Å². The van der Waals surface area contributed by atoms with Crippen LogP contribution >= 0.6 is 0 Å². The Kier molecular flexibility index (Phi) is 12.4. The summed E-state index contributed by atoms with van der Waals surface area (Å²) in [6, 6.07) is 14.5. The van der Waals surface area contributed by atoms with Gasteiger partial charge in [-0.15, -0.1) is 0 Å². The number of benzene rings is 2. The molecule has 0 spiro atoms. The van der Waals surface area contributed by atoms with E-state index in [1.165, 1.54) is 14.2 Å². The van der Waals surface area contributed by atoms with E-state index in [-0.39, 0.29) is 29.2 Å². The van der Waals surface area contributed by atoms with E-state index in [1.807, 2.05) is 44.4 Å². The van der Waals surface area contributed by atoms with Crippen LogP contribution in [0, 0.1) is 5.92 Å². The Morgan fingerprint density at radius 1 is 1.13 bits per heavy atom. The van der Waals surface area contributed by atoms with Crippen molar-refractivity contribution in [2.24, 2.45) is 17.4 Å². The first-order chi connectivity index (χ1) is 18.8. The minimum absolute atomic E-state index is 0.0325. The van der Waals surface area contributed by atoms with E-state index in [9.17, 15) is 9.59 Å². The van der Waals surface area contributed by atoms with Crippen LogP contribution in [0.3, 0.4) is 0 Å². The van der Waals surface area contributed by atoms with Crippen LogP contribution in [0.4, 0.5) is 5.82 Å². The summed E-state index contributed by atoms with van der Waals surface area (Å²) in [5, 5.41) is 10.3. The summed E-state index contributed by atoms with van der Waals surface area (Å²) in [6.07, 6.45) is 0.759. The average molecular weight is 540 g/mol. The van der Waals surface area contributed by atoms with E-state index < -0.39 is 5.91 Å². The monoisotopic (exact) mass is 539 g/mol. The summed E-state index contributed by atoms with van der Waals surface area (Å²) in [7, 11) is 6.78. The summed E-state index contributed by atoms with van der Waals surface area (Å²) in [6.45, 7) is 3.63. The number of hydrogen-bond donors (Lipinski definition) is 5. The molecule has 2 amide bonds. The molecule has 1 fully saturated rings. The number of methoxy groups -OCH3 is 1. The molecule has 1 aliphatic heterocycles. The summed E-state index contributed by atoms with van der Waals surface area (Å²) in [5.74, 6) is 0.149. The maximum absolute atomic E-state index is 12.5. The van der Waals surface area contributed by atoms with Gasteiger partial charge in [0.05, 0.1) is 25.3 Å². The highest BCUT2D eigenvalue weighted by molar-refractivity contribution is 6.03. The number of rotatable bonds is 7. The summed E-state index contributed by atoms with van der Waals surface area (Å²) in [5.41, 5.74) is 19.2. The molecule has 1 aromatic heterocycles. The van der Waals surface area contributed by atoms with Crippen LogP contribution in [-0.4, -0.2) is 63.1 Å². The predicted octanol–water partition coefficient (Wildman–Crippen LogP) is 2.18. The lowest BCUT2D eigenvalue weighted by atomic mass is 9.98. The molecule has 2 aromatic carbocycles. The Balaban J connectivity index is 0.000000998. The number of carbonyl (C=O) groups is 2. The molecular weight excluding hydrogens is 498 g/mol. The van der Waals surface area contributed by atoms with Crippen molar-refractivity contribution in [1.29, 1.82) is 0 Å². The number of hydrogen-bond acceptors (Lipinski definition) is 8. The van der Waals surface area contributed by atoms with Gasteiger partial charge in [0, 0.05) is 24.6 Å². The maximum Gasteiger partial charge on any atom is 0.255 e. The van der Waals surface area contributed by atoms with Gasteiger partial charge in [0.2, 0.25) is 0 Å². The Hall–Kier alpha value is -3.93. The zero-order valence-electron chi connectivity index (χ0n) is 23.4. The number of anilines is 1. The smallest absolute Gasteiger partial charge is 0.255 e. The number of amides is 2. The molecule has 0 radical (unpaired) electrons. The minimum atomic E-state index is -0.619. The van der Waals surface area contributed by atoms with Crippen LogP contribution in [0.2, 0.25) is 0 Å². The summed E-state index contributed by atoms with van der Waals surface area (Å²) in [4.78, 5) is 24.8. The number of aromatic nitrogens is 2. The second-order valence-electron chi connectivity index (χ2n) is 8.91. The van der Waals surface area contributed by atoms with Crippen LogP contribution < -0.4 is 32.6 Å². The quantitative estimate of drug-likeness (QED) is 0.304. The third kappa shape index (κ3) is 7.79. The fraction of sp³-hybridized carbons (Fsp3) is 0.393. The van der Waals surface area contributed by atoms with Crippen molar-refractivity contribution >= 4 is 17.6 Å². The highest BCUT2D eigenvalue weighted by atomic mass is 16.5. The van der Waals surface area contributed by atoms with Gasteiger partial charge in [-0.2, -0.15) is 5.10 Å². The molecule has 0 bridgehead atoms. The number of nitrogens with zero attached hydrogens (tertiary/aromatic N) is 2. The number of para-hydroxylation sites is 1. The topological polar surface area (TPSA) is 173 Å². The van der Waals surface area contributed by atoms with Crippen LogP contribution in [0.1, 0.15) is 45.7 Å². The fourth-order valence-corrected chi connectivity index (χ4v) is 4.27. The number of nitrogen functional groups attached to an aromatic ring is 1. The summed E-state index contributed by atoms with van der Waals surface area (Å²) >= 11 is 0. The van der Waals surface area contributed by atoms with Crippen LogP contribution in [0.5, 0.6) is 5.75 Å². The molecule has 2 unspecified atom stereocenters. The van der Waals surface area contributed by atoms with Gasteiger partial charge in [-0.1, -0.05) is 43.3 Å². The first-order valence-corrected chi connectivity index (χ1v) is 12.7. The van der Waals surface area contributed by atoms with Crippen LogP contribution in [-0.2, 0) is 11.3 Å². The van der Waals surface area contributed by atoms with Gasteiger partial charge in [0.1, 0.15) is 22.8 Å². The Labute approximate surface area is 230 Å². The molecule has 11 nitrogen and oxygen atoms in total. The molecular formula is C28H41N7O4. The largest absolute Gasteiger partial charge is 0.496 e. The molecule has 1 saturated heterocycles. The SMILES string of the molecule is CN.CNC.COc1ccccc1C(=O)NCc1ccc(-c2nn(C3CCOCC3C)c(N)c2C(N)=O)cc1. The third-order valence-corrected chi connectivity index (χ3v) is 6.14. The van der Waals surface area contributed by atoms with Gasteiger partial charge in [-0.3, -0.25) is 9.59 Å². The Bertz CT molecular complexity index is 1210. The van der Waals surface area contributed by atoms with Crippen LogP contribution in [0.15, 0.2) is 48.5 Å². The second-order valence-corrected chi connectivity index (χ2v) is 8.91. The van der Waals surface area contributed by atoms with E-state index in [1.54, 1.807) is 22.9 Å². The first kappa shape index (κ1) is 31.3. The number of nitrogens with one attached hydrogen (secondary N) is 2. The van der Waals surface area contributed by atoms with Crippen LogP contribution in [0.25, 0.3) is 11.3 Å². The molecule has 2 atom stereocenters.